The molecule has 5 heteroatoms. The summed E-state index contributed by atoms with van der Waals surface area (Å²) in [5.74, 6) is -1.35. The number of alkyl halides is 3. The maximum absolute atomic E-state index is 12.6. The summed E-state index contributed by atoms with van der Waals surface area (Å²) in [4.78, 5) is 3.45. The van der Waals surface area contributed by atoms with Crippen LogP contribution in [0.25, 0.3) is 0 Å². The van der Waals surface area contributed by atoms with Crippen LogP contribution in [0.2, 0.25) is 0 Å². The third-order valence-electron chi connectivity index (χ3n) is 1.74. The summed E-state index contributed by atoms with van der Waals surface area (Å²) in [6.45, 7) is 3.16. The summed E-state index contributed by atoms with van der Waals surface area (Å²) in [5.41, 5.74) is -1.12. The quantitative estimate of drug-likeness (QED) is 0.643. The van der Waals surface area contributed by atoms with Crippen molar-refractivity contribution in [3.63, 3.8) is 0 Å². The van der Waals surface area contributed by atoms with Crippen molar-refractivity contribution in [1.82, 2.24) is 4.98 Å². The van der Waals surface area contributed by atoms with Crippen LogP contribution in [-0.4, -0.2) is 4.98 Å². The monoisotopic (exact) mass is 207 g/mol. The fraction of sp³-hybridized carbons (Fsp3) is 0.444. The van der Waals surface area contributed by atoms with Gasteiger partial charge in [0.05, 0.1) is 17.5 Å². The standard InChI is InChI=1S/C9H9F4N/c1-5(2)8-7(9(11,12)13)3-6(10)4-14-8/h3-5H,1-2H3. The smallest absolute Gasteiger partial charge is 0.257 e. The molecule has 78 valence electrons. The van der Waals surface area contributed by atoms with E-state index >= 15 is 0 Å². The van der Waals surface area contributed by atoms with Gasteiger partial charge < -0.3 is 0 Å². The van der Waals surface area contributed by atoms with Crippen molar-refractivity contribution >= 4 is 0 Å². The zero-order valence-corrected chi connectivity index (χ0v) is 7.69. The lowest BCUT2D eigenvalue weighted by Crippen LogP contribution is -2.12. The molecule has 1 aromatic heterocycles. The Morgan fingerprint density at radius 2 is 1.86 bits per heavy atom. The zero-order chi connectivity index (χ0) is 10.9. The topological polar surface area (TPSA) is 12.9 Å². The van der Waals surface area contributed by atoms with Crippen molar-refractivity contribution in [3.8, 4) is 0 Å². The second kappa shape index (κ2) is 3.55. The van der Waals surface area contributed by atoms with Crippen LogP contribution < -0.4 is 0 Å². The SMILES string of the molecule is CC(C)c1ncc(F)cc1C(F)(F)F. The maximum Gasteiger partial charge on any atom is 0.418 e. The van der Waals surface area contributed by atoms with Gasteiger partial charge in [-0.05, 0) is 12.0 Å². The van der Waals surface area contributed by atoms with Gasteiger partial charge in [0.25, 0.3) is 0 Å². The first-order valence-corrected chi connectivity index (χ1v) is 4.05. The molecule has 0 aromatic carbocycles. The lowest BCUT2D eigenvalue weighted by atomic mass is 10.0. The van der Waals surface area contributed by atoms with Crippen LogP contribution in [0.1, 0.15) is 31.0 Å². The molecule has 0 aliphatic carbocycles. The zero-order valence-electron chi connectivity index (χ0n) is 7.69. The highest BCUT2D eigenvalue weighted by Crippen LogP contribution is 2.34. The predicted octanol–water partition coefficient (Wildman–Crippen LogP) is 3.36. The van der Waals surface area contributed by atoms with E-state index in [-0.39, 0.29) is 11.6 Å². The van der Waals surface area contributed by atoms with Gasteiger partial charge in [0.15, 0.2) is 0 Å². The molecule has 0 amide bonds. The largest absolute Gasteiger partial charge is 0.418 e. The number of pyridine rings is 1. The highest BCUT2D eigenvalue weighted by Gasteiger charge is 2.35. The molecule has 0 saturated heterocycles. The van der Waals surface area contributed by atoms with Gasteiger partial charge in [-0.2, -0.15) is 13.2 Å². The van der Waals surface area contributed by atoms with E-state index in [4.69, 9.17) is 0 Å². The molecule has 0 radical (unpaired) electrons. The summed E-state index contributed by atoms with van der Waals surface area (Å²) in [6, 6.07) is 0.475. The second-order valence-electron chi connectivity index (χ2n) is 3.24. The van der Waals surface area contributed by atoms with Gasteiger partial charge >= 0.3 is 6.18 Å². The van der Waals surface area contributed by atoms with Crippen molar-refractivity contribution in [2.24, 2.45) is 0 Å². The Bertz CT molecular complexity index is 330. The summed E-state index contributed by atoms with van der Waals surface area (Å²) < 4.78 is 49.7. The molecule has 0 atom stereocenters. The Morgan fingerprint density at radius 1 is 1.29 bits per heavy atom. The summed E-state index contributed by atoms with van der Waals surface area (Å²) in [7, 11) is 0. The molecule has 1 rings (SSSR count). The molecular weight excluding hydrogens is 198 g/mol. The molecule has 0 spiro atoms. The van der Waals surface area contributed by atoms with Gasteiger partial charge in [0.1, 0.15) is 5.82 Å². The Morgan fingerprint density at radius 3 is 2.29 bits per heavy atom. The minimum Gasteiger partial charge on any atom is -0.257 e. The Labute approximate surface area is 78.8 Å². The van der Waals surface area contributed by atoms with Crippen LogP contribution in [0.3, 0.4) is 0 Å². The number of aromatic nitrogens is 1. The van der Waals surface area contributed by atoms with Crippen molar-refractivity contribution < 1.29 is 17.6 Å². The second-order valence-corrected chi connectivity index (χ2v) is 3.24. The van der Waals surface area contributed by atoms with Gasteiger partial charge in [-0.1, -0.05) is 13.8 Å². The minimum atomic E-state index is -4.55. The van der Waals surface area contributed by atoms with Gasteiger partial charge in [0, 0.05) is 0 Å². The molecule has 1 heterocycles. The first kappa shape index (κ1) is 10.9. The number of nitrogens with zero attached hydrogens (tertiary/aromatic N) is 1. The molecular formula is C9H9F4N. The average Bonchev–Trinajstić information content (AvgIpc) is 2.01. The van der Waals surface area contributed by atoms with Gasteiger partial charge in [-0.25, -0.2) is 4.39 Å². The molecule has 0 aliphatic heterocycles. The van der Waals surface area contributed by atoms with Gasteiger partial charge in [-0.3, -0.25) is 4.98 Å². The number of hydrogen-bond donors (Lipinski definition) is 0. The fourth-order valence-corrected chi connectivity index (χ4v) is 1.14. The van der Waals surface area contributed by atoms with E-state index in [0.29, 0.717) is 6.07 Å². The van der Waals surface area contributed by atoms with E-state index in [9.17, 15) is 17.6 Å². The number of hydrogen-bond acceptors (Lipinski definition) is 1. The fourth-order valence-electron chi connectivity index (χ4n) is 1.14. The van der Waals surface area contributed by atoms with Crippen LogP contribution in [0.5, 0.6) is 0 Å². The number of halogens is 4. The lowest BCUT2D eigenvalue weighted by molar-refractivity contribution is -0.138. The van der Waals surface area contributed by atoms with E-state index in [0.717, 1.165) is 6.20 Å². The first-order chi connectivity index (χ1) is 6.32. The average molecular weight is 207 g/mol. The summed E-state index contributed by atoms with van der Waals surface area (Å²) in [6.07, 6.45) is -3.75. The predicted molar refractivity (Wildman–Crippen MR) is 43.3 cm³/mol. The molecule has 1 nitrogen and oxygen atoms in total. The van der Waals surface area contributed by atoms with Crippen molar-refractivity contribution in [2.45, 2.75) is 25.9 Å². The van der Waals surface area contributed by atoms with E-state index < -0.39 is 17.6 Å². The third-order valence-corrected chi connectivity index (χ3v) is 1.74. The van der Waals surface area contributed by atoms with E-state index in [1.165, 1.54) is 0 Å². The highest BCUT2D eigenvalue weighted by atomic mass is 19.4. The van der Waals surface area contributed by atoms with Crippen LogP contribution in [0, 0.1) is 5.82 Å². The maximum atomic E-state index is 12.6. The van der Waals surface area contributed by atoms with Crippen molar-refractivity contribution in [3.05, 3.63) is 29.3 Å². The normalized spacial score (nSPS) is 12.2. The molecule has 1 aromatic rings. The molecule has 0 N–H and O–H groups in total. The minimum absolute atomic E-state index is 0.126. The van der Waals surface area contributed by atoms with Crippen LogP contribution >= 0.6 is 0 Å². The van der Waals surface area contributed by atoms with Crippen LogP contribution in [0.15, 0.2) is 12.3 Å². The molecule has 0 saturated carbocycles. The Balaban J connectivity index is 3.30. The number of rotatable bonds is 1. The molecule has 0 aliphatic rings. The van der Waals surface area contributed by atoms with Gasteiger partial charge in [-0.15, -0.1) is 0 Å². The summed E-state index contributed by atoms with van der Waals surface area (Å²) >= 11 is 0. The highest BCUT2D eigenvalue weighted by molar-refractivity contribution is 5.26. The summed E-state index contributed by atoms with van der Waals surface area (Å²) in [5, 5.41) is 0. The van der Waals surface area contributed by atoms with E-state index in [2.05, 4.69) is 4.98 Å². The van der Waals surface area contributed by atoms with Gasteiger partial charge in [0.2, 0.25) is 0 Å². The van der Waals surface area contributed by atoms with Crippen LogP contribution in [0.4, 0.5) is 17.6 Å². The molecule has 0 unspecified atom stereocenters. The molecule has 0 fully saturated rings. The van der Waals surface area contributed by atoms with Crippen LogP contribution in [-0.2, 0) is 6.18 Å². The molecule has 14 heavy (non-hydrogen) atoms. The lowest BCUT2D eigenvalue weighted by Gasteiger charge is -2.13. The Kier molecular flexibility index (Phi) is 2.78. The van der Waals surface area contributed by atoms with Crippen molar-refractivity contribution in [1.29, 1.82) is 0 Å². The molecule has 0 bridgehead atoms. The first-order valence-electron chi connectivity index (χ1n) is 4.05. The van der Waals surface area contributed by atoms with Crippen molar-refractivity contribution in [2.75, 3.05) is 0 Å². The third kappa shape index (κ3) is 2.21. The Hall–Kier alpha value is -1.13. The van der Waals surface area contributed by atoms with E-state index in [1.54, 1.807) is 13.8 Å². The van der Waals surface area contributed by atoms with E-state index in [1.807, 2.05) is 0 Å².